The number of anilines is 1. The molecule has 2 aromatic carbocycles. The SMILES string of the molecule is Nc1ccccc1-c1n[nH+]c(-c2ccc(C(=O)O)cc2)o1. The van der Waals surface area contributed by atoms with Crippen LogP contribution >= 0.6 is 0 Å². The zero-order valence-corrected chi connectivity index (χ0v) is 10.9. The number of carbonyl (C=O) groups is 1. The zero-order valence-electron chi connectivity index (χ0n) is 10.9. The molecule has 0 aliphatic carbocycles. The van der Waals surface area contributed by atoms with Crippen molar-refractivity contribution in [2.75, 3.05) is 5.73 Å². The van der Waals surface area contributed by atoms with Gasteiger partial charge in [0.2, 0.25) is 0 Å². The quantitative estimate of drug-likeness (QED) is 0.716. The van der Waals surface area contributed by atoms with E-state index in [-0.39, 0.29) is 5.56 Å². The summed E-state index contributed by atoms with van der Waals surface area (Å²) < 4.78 is 5.64. The van der Waals surface area contributed by atoms with E-state index in [1.165, 1.54) is 12.1 Å². The Morgan fingerprint density at radius 2 is 1.86 bits per heavy atom. The average Bonchev–Trinajstić information content (AvgIpc) is 2.97. The molecule has 0 bridgehead atoms. The maximum absolute atomic E-state index is 10.8. The lowest BCUT2D eigenvalue weighted by atomic mass is 10.1. The summed E-state index contributed by atoms with van der Waals surface area (Å²) in [5, 5.41) is 15.7. The Kier molecular flexibility index (Phi) is 3.12. The maximum Gasteiger partial charge on any atom is 0.405 e. The Balaban J connectivity index is 1.95. The summed E-state index contributed by atoms with van der Waals surface area (Å²) in [6.45, 7) is 0. The number of aromatic amines is 1. The first-order valence-electron chi connectivity index (χ1n) is 6.22. The minimum absolute atomic E-state index is 0.214. The van der Waals surface area contributed by atoms with Gasteiger partial charge in [0.25, 0.3) is 5.89 Å². The first-order chi connectivity index (χ1) is 10.1. The lowest BCUT2D eigenvalue weighted by molar-refractivity contribution is -0.441. The molecule has 0 saturated carbocycles. The normalized spacial score (nSPS) is 10.5. The third-order valence-electron chi connectivity index (χ3n) is 3.04. The summed E-state index contributed by atoms with van der Waals surface area (Å²) in [5.41, 5.74) is 8.06. The third kappa shape index (κ3) is 2.46. The number of hydrogen-bond donors (Lipinski definition) is 2. The van der Waals surface area contributed by atoms with E-state index in [0.29, 0.717) is 28.6 Å². The first kappa shape index (κ1) is 12.9. The van der Waals surface area contributed by atoms with Crippen LogP contribution in [0.15, 0.2) is 52.9 Å². The molecule has 4 N–H and O–H groups in total. The molecule has 0 radical (unpaired) electrons. The van der Waals surface area contributed by atoms with Crippen LogP contribution in [0.1, 0.15) is 10.4 Å². The summed E-state index contributed by atoms with van der Waals surface area (Å²) in [6.07, 6.45) is 0. The largest absolute Gasteiger partial charge is 0.478 e. The van der Waals surface area contributed by atoms with Crippen LogP contribution in [0.5, 0.6) is 0 Å². The van der Waals surface area contributed by atoms with Gasteiger partial charge in [-0.2, -0.15) is 0 Å². The van der Waals surface area contributed by atoms with Gasteiger partial charge < -0.3 is 15.3 Å². The molecular formula is C15H12N3O3+. The van der Waals surface area contributed by atoms with E-state index in [4.69, 9.17) is 15.3 Å². The number of H-pyrrole nitrogens is 1. The summed E-state index contributed by atoms with van der Waals surface area (Å²) in [6, 6.07) is 13.6. The Morgan fingerprint density at radius 3 is 2.52 bits per heavy atom. The van der Waals surface area contributed by atoms with Crippen LogP contribution in [-0.4, -0.2) is 16.2 Å². The Hall–Kier alpha value is -3.15. The van der Waals surface area contributed by atoms with Crippen molar-refractivity contribution in [3.05, 3.63) is 54.1 Å². The second kappa shape index (κ2) is 5.09. The molecule has 21 heavy (non-hydrogen) atoms. The number of aromatic nitrogens is 2. The highest BCUT2D eigenvalue weighted by atomic mass is 16.4. The van der Waals surface area contributed by atoms with Crippen LogP contribution in [0.3, 0.4) is 0 Å². The van der Waals surface area contributed by atoms with E-state index < -0.39 is 5.97 Å². The van der Waals surface area contributed by atoms with Crippen molar-refractivity contribution < 1.29 is 19.4 Å². The lowest BCUT2D eigenvalue weighted by Crippen LogP contribution is -2.05. The number of benzene rings is 2. The van der Waals surface area contributed by atoms with Crippen molar-refractivity contribution in [1.29, 1.82) is 0 Å². The van der Waals surface area contributed by atoms with Gasteiger partial charge in [0.05, 0.1) is 16.7 Å². The standard InChI is InChI=1S/C15H11N3O3/c16-12-4-2-1-3-11(12)14-18-17-13(21-14)9-5-7-10(8-6-9)15(19)20/h1-8H,16H2,(H,19,20)/p+1. The van der Waals surface area contributed by atoms with Gasteiger partial charge in [0, 0.05) is 10.8 Å². The zero-order chi connectivity index (χ0) is 14.8. The molecular weight excluding hydrogens is 270 g/mol. The third-order valence-corrected chi connectivity index (χ3v) is 3.04. The topological polar surface area (TPSA) is 103 Å². The predicted molar refractivity (Wildman–Crippen MR) is 75.3 cm³/mol. The first-order valence-corrected chi connectivity index (χ1v) is 6.22. The highest BCUT2D eigenvalue weighted by Crippen LogP contribution is 2.26. The number of hydrogen-bond acceptors (Lipinski definition) is 4. The fourth-order valence-electron chi connectivity index (χ4n) is 1.94. The molecule has 0 amide bonds. The average molecular weight is 282 g/mol. The summed E-state index contributed by atoms with van der Waals surface area (Å²) in [7, 11) is 0. The molecule has 6 heteroatoms. The lowest BCUT2D eigenvalue weighted by Gasteiger charge is -1.97. The monoisotopic (exact) mass is 282 g/mol. The van der Waals surface area contributed by atoms with Crippen LogP contribution in [0.4, 0.5) is 5.69 Å². The van der Waals surface area contributed by atoms with Crippen LogP contribution in [0.2, 0.25) is 0 Å². The van der Waals surface area contributed by atoms with E-state index in [0.717, 1.165) is 0 Å². The molecule has 1 heterocycles. The molecule has 0 spiro atoms. The minimum atomic E-state index is -0.971. The van der Waals surface area contributed by atoms with E-state index in [2.05, 4.69) is 10.2 Å². The summed E-state index contributed by atoms with van der Waals surface area (Å²) >= 11 is 0. The van der Waals surface area contributed by atoms with Gasteiger partial charge in [-0.05, 0) is 36.4 Å². The van der Waals surface area contributed by atoms with Crippen molar-refractivity contribution in [3.8, 4) is 22.9 Å². The molecule has 0 unspecified atom stereocenters. The minimum Gasteiger partial charge on any atom is -0.478 e. The number of nitrogen functional groups attached to an aromatic ring is 1. The van der Waals surface area contributed by atoms with Crippen LogP contribution < -0.4 is 10.8 Å². The summed E-state index contributed by atoms with van der Waals surface area (Å²) in [5.74, 6) is -0.156. The Morgan fingerprint density at radius 1 is 1.14 bits per heavy atom. The van der Waals surface area contributed by atoms with Gasteiger partial charge in [-0.25, -0.2) is 4.79 Å². The number of nitrogens with one attached hydrogen (secondary N) is 1. The number of nitrogens with two attached hydrogens (primary N) is 1. The molecule has 104 valence electrons. The van der Waals surface area contributed by atoms with Gasteiger partial charge in [0.1, 0.15) is 0 Å². The van der Waals surface area contributed by atoms with E-state index in [1.54, 1.807) is 18.2 Å². The molecule has 0 atom stereocenters. The molecule has 0 aliphatic rings. The van der Waals surface area contributed by atoms with Crippen molar-refractivity contribution in [2.24, 2.45) is 0 Å². The van der Waals surface area contributed by atoms with Gasteiger partial charge in [-0.3, -0.25) is 0 Å². The van der Waals surface area contributed by atoms with E-state index in [9.17, 15) is 4.79 Å². The molecule has 0 aliphatic heterocycles. The molecule has 0 fully saturated rings. The summed E-state index contributed by atoms with van der Waals surface area (Å²) in [4.78, 5) is 10.8. The second-order valence-electron chi connectivity index (χ2n) is 4.43. The van der Waals surface area contributed by atoms with E-state index >= 15 is 0 Å². The number of aromatic carboxylic acids is 1. The number of para-hydroxylation sites is 1. The highest BCUT2D eigenvalue weighted by molar-refractivity contribution is 5.88. The smallest absolute Gasteiger partial charge is 0.405 e. The van der Waals surface area contributed by atoms with Gasteiger partial charge in [-0.1, -0.05) is 17.2 Å². The Labute approximate surface area is 119 Å². The molecule has 3 rings (SSSR count). The number of rotatable bonds is 3. The van der Waals surface area contributed by atoms with Crippen molar-refractivity contribution in [3.63, 3.8) is 0 Å². The number of nitrogens with zero attached hydrogens (tertiary/aromatic N) is 1. The van der Waals surface area contributed by atoms with Crippen molar-refractivity contribution in [2.45, 2.75) is 0 Å². The van der Waals surface area contributed by atoms with Gasteiger partial charge in [0.15, 0.2) is 0 Å². The van der Waals surface area contributed by atoms with Gasteiger partial charge >= 0.3 is 11.9 Å². The fourth-order valence-corrected chi connectivity index (χ4v) is 1.94. The second-order valence-corrected chi connectivity index (χ2v) is 4.43. The van der Waals surface area contributed by atoms with Crippen molar-refractivity contribution in [1.82, 2.24) is 5.10 Å². The molecule has 0 saturated heterocycles. The fraction of sp³-hybridized carbons (Fsp3) is 0. The number of carboxylic acid groups (broad SMARTS) is 1. The molecule has 6 nitrogen and oxygen atoms in total. The van der Waals surface area contributed by atoms with E-state index in [1.807, 2.05) is 18.2 Å². The molecule has 3 aromatic rings. The maximum atomic E-state index is 10.8. The predicted octanol–water partition coefficient (Wildman–Crippen LogP) is 2.10. The van der Waals surface area contributed by atoms with Gasteiger partial charge in [-0.15, -0.1) is 0 Å². The number of carboxylic acids is 1. The molecule has 1 aromatic heterocycles. The van der Waals surface area contributed by atoms with Crippen LogP contribution in [-0.2, 0) is 0 Å². The Bertz CT molecular complexity index is 794. The van der Waals surface area contributed by atoms with Crippen LogP contribution in [0.25, 0.3) is 22.9 Å². The highest BCUT2D eigenvalue weighted by Gasteiger charge is 2.18. The van der Waals surface area contributed by atoms with Crippen molar-refractivity contribution >= 4 is 11.7 Å². The van der Waals surface area contributed by atoms with Crippen LogP contribution in [0, 0.1) is 0 Å².